The van der Waals surface area contributed by atoms with Crippen molar-refractivity contribution in [2.45, 2.75) is 19.9 Å². The Morgan fingerprint density at radius 2 is 1.97 bits per heavy atom. The topological polar surface area (TPSA) is 75.8 Å². The SMILES string of the molecule is CCc1oc2c(CN3CCOCC3)c(O)ccc2c(=O)c1-c1nc2ccccc2s1. The lowest BCUT2D eigenvalue weighted by molar-refractivity contribution is 0.0339. The Hall–Kier alpha value is -2.74. The number of fused-ring (bicyclic) bond motifs is 2. The summed E-state index contributed by atoms with van der Waals surface area (Å²) in [6, 6.07) is 11.1. The van der Waals surface area contributed by atoms with Crippen LogP contribution in [-0.2, 0) is 17.7 Å². The van der Waals surface area contributed by atoms with Gasteiger partial charge in [0.1, 0.15) is 22.1 Å². The number of phenols is 1. The lowest BCUT2D eigenvalue weighted by atomic mass is 10.0. The van der Waals surface area contributed by atoms with Gasteiger partial charge < -0.3 is 14.3 Å². The lowest BCUT2D eigenvalue weighted by Gasteiger charge is -2.27. The summed E-state index contributed by atoms with van der Waals surface area (Å²) in [5, 5.41) is 11.7. The Kier molecular flexibility index (Phi) is 5.02. The third kappa shape index (κ3) is 3.29. The third-order valence-electron chi connectivity index (χ3n) is 5.53. The van der Waals surface area contributed by atoms with E-state index in [0.29, 0.717) is 59.0 Å². The highest BCUT2D eigenvalue weighted by Gasteiger charge is 2.23. The van der Waals surface area contributed by atoms with E-state index in [1.165, 1.54) is 11.3 Å². The first-order valence-electron chi connectivity index (χ1n) is 10.1. The van der Waals surface area contributed by atoms with Crippen LogP contribution in [0, 0.1) is 0 Å². The molecule has 1 aliphatic rings. The van der Waals surface area contributed by atoms with Crippen LogP contribution < -0.4 is 5.43 Å². The molecule has 6 nitrogen and oxygen atoms in total. The number of thiazole rings is 1. The van der Waals surface area contributed by atoms with Gasteiger partial charge in [0.05, 0.1) is 39.9 Å². The van der Waals surface area contributed by atoms with Crippen LogP contribution in [-0.4, -0.2) is 41.3 Å². The zero-order chi connectivity index (χ0) is 20.7. The van der Waals surface area contributed by atoms with Gasteiger partial charge in [0, 0.05) is 26.1 Å². The number of hydrogen-bond acceptors (Lipinski definition) is 7. The number of nitrogens with zero attached hydrogens (tertiary/aromatic N) is 2. The molecule has 7 heteroatoms. The lowest BCUT2D eigenvalue weighted by Crippen LogP contribution is -2.35. The fourth-order valence-corrected chi connectivity index (χ4v) is 4.95. The maximum absolute atomic E-state index is 13.5. The maximum atomic E-state index is 13.5. The molecule has 0 aliphatic carbocycles. The van der Waals surface area contributed by atoms with Gasteiger partial charge in [-0.3, -0.25) is 9.69 Å². The third-order valence-corrected chi connectivity index (χ3v) is 6.58. The van der Waals surface area contributed by atoms with Crippen LogP contribution in [0.3, 0.4) is 0 Å². The number of aromatic hydroxyl groups is 1. The minimum Gasteiger partial charge on any atom is -0.507 e. The van der Waals surface area contributed by atoms with E-state index in [1.807, 2.05) is 31.2 Å². The van der Waals surface area contributed by atoms with Crippen molar-refractivity contribution in [3.63, 3.8) is 0 Å². The molecule has 0 bridgehead atoms. The number of benzene rings is 2. The van der Waals surface area contributed by atoms with Crippen molar-refractivity contribution in [1.82, 2.24) is 9.88 Å². The molecule has 1 fully saturated rings. The number of para-hydroxylation sites is 1. The van der Waals surface area contributed by atoms with Gasteiger partial charge in [-0.2, -0.15) is 0 Å². The normalized spacial score (nSPS) is 15.2. The Labute approximate surface area is 177 Å². The molecule has 154 valence electrons. The minimum atomic E-state index is -0.101. The molecule has 0 radical (unpaired) electrons. The molecule has 0 unspecified atom stereocenters. The van der Waals surface area contributed by atoms with Crippen LogP contribution in [0.25, 0.3) is 31.8 Å². The largest absolute Gasteiger partial charge is 0.507 e. The first-order chi connectivity index (χ1) is 14.7. The van der Waals surface area contributed by atoms with Crippen LogP contribution in [0.2, 0.25) is 0 Å². The number of rotatable bonds is 4. The number of hydrogen-bond donors (Lipinski definition) is 1. The van der Waals surface area contributed by atoms with Gasteiger partial charge in [0.25, 0.3) is 0 Å². The van der Waals surface area contributed by atoms with Gasteiger partial charge in [0.15, 0.2) is 0 Å². The summed E-state index contributed by atoms with van der Waals surface area (Å²) in [4.78, 5) is 20.4. The average molecular weight is 423 g/mol. The summed E-state index contributed by atoms with van der Waals surface area (Å²) < 4.78 is 12.7. The van der Waals surface area contributed by atoms with Crippen molar-refractivity contribution in [2.75, 3.05) is 26.3 Å². The molecule has 1 saturated heterocycles. The number of ether oxygens (including phenoxy) is 1. The molecule has 4 aromatic rings. The summed E-state index contributed by atoms with van der Waals surface area (Å²) in [6.07, 6.45) is 0.559. The van der Waals surface area contributed by atoms with Crippen molar-refractivity contribution >= 4 is 32.5 Å². The van der Waals surface area contributed by atoms with Gasteiger partial charge in [-0.15, -0.1) is 11.3 Å². The zero-order valence-corrected chi connectivity index (χ0v) is 17.5. The number of morpholine rings is 1. The van der Waals surface area contributed by atoms with Crippen LogP contribution in [0.1, 0.15) is 18.2 Å². The van der Waals surface area contributed by atoms with Gasteiger partial charge in [0.2, 0.25) is 5.43 Å². The summed E-state index contributed by atoms with van der Waals surface area (Å²) in [7, 11) is 0. The number of aromatic nitrogens is 1. The van der Waals surface area contributed by atoms with E-state index < -0.39 is 0 Å². The molecular weight excluding hydrogens is 400 g/mol. The molecule has 0 spiro atoms. The van der Waals surface area contributed by atoms with Crippen molar-refractivity contribution in [3.05, 3.63) is 57.9 Å². The molecular formula is C23H22N2O4S. The highest BCUT2D eigenvalue weighted by molar-refractivity contribution is 7.21. The van der Waals surface area contributed by atoms with E-state index >= 15 is 0 Å². The summed E-state index contributed by atoms with van der Waals surface area (Å²) in [5.74, 6) is 0.743. The molecule has 0 atom stereocenters. The predicted octanol–water partition coefficient (Wildman–Crippen LogP) is 4.17. The van der Waals surface area contributed by atoms with E-state index in [0.717, 1.165) is 23.3 Å². The summed E-state index contributed by atoms with van der Waals surface area (Å²) >= 11 is 1.50. The van der Waals surface area contributed by atoms with Crippen LogP contribution in [0.15, 0.2) is 45.6 Å². The maximum Gasteiger partial charge on any atom is 0.203 e. The summed E-state index contributed by atoms with van der Waals surface area (Å²) in [6.45, 7) is 5.37. The van der Waals surface area contributed by atoms with Gasteiger partial charge >= 0.3 is 0 Å². The minimum absolute atomic E-state index is 0.101. The van der Waals surface area contributed by atoms with Crippen molar-refractivity contribution in [3.8, 4) is 16.3 Å². The van der Waals surface area contributed by atoms with Crippen LogP contribution in [0.5, 0.6) is 5.75 Å². The van der Waals surface area contributed by atoms with Gasteiger partial charge in [-0.05, 0) is 24.3 Å². The second-order valence-corrected chi connectivity index (χ2v) is 8.43. The predicted molar refractivity (Wildman–Crippen MR) is 118 cm³/mol. The van der Waals surface area contributed by atoms with Crippen molar-refractivity contribution in [1.29, 1.82) is 0 Å². The van der Waals surface area contributed by atoms with E-state index in [9.17, 15) is 9.90 Å². The average Bonchev–Trinajstić information content (AvgIpc) is 3.20. The Bertz CT molecular complexity index is 1250. The molecule has 1 N–H and O–H groups in total. The molecule has 1 aliphatic heterocycles. The second-order valence-electron chi connectivity index (χ2n) is 7.40. The van der Waals surface area contributed by atoms with E-state index in [4.69, 9.17) is 9.15 Å². The molecule has 2 aromatic heterocycles. The first kappa shape index (κ1) is 19.2. The number of aryl methyl sites for hydroxylation is 1. The zero-order valence-electron chi connectivity index (χ0n) is 16.7. The summed E-state index contributed by atoms with van der Waals surface area (Å²) in [5.41, 5.74) is 2.41. The van der Waals surface area contributed by atoms with E-state index in [-0.39, 0.29) is 11.2 Å². The number of phenolic OH excluding ortho intramolecular Hbond substituents is 1. The van der Waals surface area contributed by atoms with Crippen molar-refractivity contribution in [2.24, 2.45) is 0 Å². The fraction of sp³-hybridized carbons (Fsp3) is 0.304. The first-order valence-corrected chi connectivity index (χ1v) is 10.9. The Morgan fingerprint density at radius 3 is 2.73 bits per heavy atom. The standard InChI is InChI=1S/C23H22N2O4S/c1-2-18-20(23-24-16-5-3-4-6-19(16)30-23)21(27)14-7-8-17(26)15(22(14)29-18)13-25-9-11-28-12-10-25/h3-8,26H,2,9-13H2,1H3. The second kappa shape index (κ2) is 7.83. The monoisotopic (exact) mass is 422 g/mol. The fourth-order valence-electron chi connectivity index (χ4n) is 3.93. The highest BCUT2D eigenvalue weighted by Crippen LogP contribution is 2.34. The van der Waals surface area contributed by atoms with E-state index in [2.05, 4.69) is 9.88 Å². The molecule has 0 saturated carbocycles. The molecule has 5 rings (SSSR count). The van der Waals surface area contributed by atoms with Gasteiger partial charge in [-0.1, -0.05) is 19.1 Å². The Balaban J connectivity index is 1.69. The highest BCUT2D eigenvalue weighted by atomic mass is 32.1. The van der Waals surface area contributed by atoms with Crippen LogP contribution in [0.4, 0.5) is 0 Å². The molecule has 2 aromatic carbocycles. The molecule has 3 heterocycles. The van der Waals surface area contributed by atoms with E-state index in [1.54, 1.807) is 12.1 Å². The molecule has 30 heavy (non-hydrogen) atoms. The van der Waals surface area contributed by atoms with Gasteiger partial charge in [-0.25, -0.2) is 4.98 Å². The molecule has 0 amide bonds. The Morgan fingerprint density at radius 1 is 1.17 bits per heavy atom. The smallest absolute Gasteiger partial charge is 0.203 e. The quantitative estimate of drug-likeness (QED) is 0.532. The van der Waals surface area contributed by atoms with Crippen molar-refractivity contribution < 1.29 is 14.3 Å². The van der Waals surface area contributed by atoms with Crippen LogP contribution >= 0.6 is 11.3 Å².